The fraction of sp³-hybridized carbons (Fsp3) is 0.579. The molecule has 3 atom stereocenters. The van der Waals surface area contributed by atoms with Crippen molar-refractivity contribution >= 4 is 0 Å². The lowest BCUT2D eigenvalue weighted by Crippen LogP contribution is -2.31. The second-order valence-corrected chi connectivity index (χ2v) is 6.57. The highest BCUT2D eigenvalue weighted by Crippen LogP contribution is 2.41. The molecule has 110 valence electrons. The van der Waals surface area contributed by atoms with Crippen LogP contribution in [-0.4, -0.2) is 6.61 Å². The number of ether oxygens (including phenoxy) is 1. The predicted octanol–water partition coefficient (Wildman–Crippen LogP) is 5.22. The van der Waals surface area contributed by atoms with E-state index in [1.165, 1.54) is 24.8 Å². The molecule has 1 aromatic carbocycles. The van der Waals surface area contributed by atoms with E-state index < -0.39 is 0 Å². The van der Waals surface area contributed by atoms with Crippen LogP contribution < -0.4 is 0 Å². The maximum atomic E-state index is 5.91. The predicted molar refractivity (Wildman–Crippen MR) is 85.5 cm³/mol. The number of hydrogen-bond acceptors (Lipinski definition) is 1. The standard InChI is InChI=1S/C19H28O/c1-16(14-20-15-18-10-6-4-7-11-18)17(2)19(3)12-8-5-9-13-19/h4,6-8,10-12,16-17H,5,9,13-15H2,1-3H3/t16-,17-,19-/m1/s1. The van der Waals surface area contributed by atoms with E-state index in [1.807, 2.05) is 6.07 Å². The molecule has 0 saturated heterocycles. The van der Waals surface area contributed by atoms with Crippen LogP contribution in [0.4, 0.5) is 0 Å². The van der Waals surface area contributed by atoms with Crippen LogP contribution in [0.25, 0.3) is 0 Å². The van der Waals surface area contributed by atoms with E-state index >= 15 is 0 Å². The van der Waals surface area contributed by atoms with E-state index in [0.717, 1.165) is 13.2 Å². The third-order valence-electron chi connectivity index (χ3n) is 4.97. The maximum Gasteiger partial charge on any atom is 0.0717 e. The number of benzene rings is 1. The number of allylic oxidation sites excluding steroid dienone is 2. The highest BCUT2D eigenvalue weighted by molar-refractivity contribution is 5.13. The van der Waals surface area contributed by atoms with Crippen molar-refractivity contribution in [2.75, 3.05) is 6.61 Å². The summed E-state index contributed by atoms with van der Waals surface area (Å²) >= 11 is 0. The Bertz CT molecular complexity index is 423. The van der Waals surface area contributed by atoms with Gasteiger partial charge in [-0.1, -0.05) is 63.3 Å². The van der Waals surface area contributed by atoms with Gasteiger partial charge in [0.05, 0.1) is 6.61 Å². The molecule has 1 aliphatic carbocycles. The van der Waals surface area contributed by atoms with E-state index in [4.69, 9.17) is 4.74 Å². The van der Waals surface area contributed by atoms with Crippen molar-refractivity contribution in [3.05, 3.63) is 48.0 Å². The summed E-state index contributed by atoms with van der Waals surface area (Å²) in [5.41, 5.74) is 1.62. The first-order chi connectivity index (χ1) is 9.62. The summed E-state index contributed by atoms with van der Waals surface area (Å²) in [4.78, 5) is 0. The molecule has 0 N–H and O–H groups in total. The molecule has 0 aliphatic heterocycles. The quantitative estimate of drug-likeness (QED) is 0.645. The van der Waals surface area contributed by atoms with Gasteiger partial charge in [0.25, 0.3) is 0 Å². The first-order valence-corrected chi connectivity index (χ1v) is 7.91. The molecule has 1 aliphatic rings. The largest absolute Gasteiger partial charge is 0.376 e. The Labute approximate surface area is 124 Å². The topological polar surface area (TPSA) is 9.23 Å². The third-order valence-corrected chi connectivity index (χ3v) is 4.97. The second kappa shape index (κ2) is 7.08. The smallest absolute Gasteiger partial charge is 0.0717 e. The van der Waals surface area contributed by atoms with Gasteiger partial charge in [0.15, 0.2) is 0 Å². The van der Waals surface area contributed by atoms with E-state index in [1.54, 1.807) is 0 Å². The fourth-order valence-electron chi connectivity index (χ4n) is 3.15. The molecule has 1 heteroatoms. The van der Waals surface area contributed by atoms with Crippen LogP contribution >= 0.6 is 0 Å². The van der Waals surface area contributed by atoms with Crippen molar-refractivity contribution in [3.8, 4) is 0 Å². The van der Waals surface area contributed by atoms with Crippen LogP contribution in [0.2, 0.25) is 0 Å². The average molecular weight is 272 g/mol. The molecule has 0 fully saturated rings. The average Bonchev–Trinajstić information content (AvgIpc) is 2.48. The molecule has 20 heavy (non-hydrogen) atoms. The lowest BCUT2D eigenvalue weighted by molar-refractivity contribution is 0.0486. The van der Waals surface area contributed by atoms with Gasteiger partial charge in [0, 0.05) is 6.61 Å². The summed E-state index contributed by atoms with van der Waals surface area (Å²) in [5, 5.41) is 0. The minimum atomic E-state index is 0.355. The summed E-state index contributed by atoms with van der Waals surface area (Å²) < 4.78 is 5.91. The number of hydrogen-bond donors (Lipinski definition) is 0. The molecular formula is C19H28O. The summed E-state index contributed by atoms with van der Waals surface area (Å²) in [6, 6.07) is 10.4. The van der Waals surface area contributed by atoms with Gasteiger partial charge in [-0.15, -0.1) is 0 Å². The van der Waals surface area contributed by atoms with Gasteiger partial charge in [0.2, 0.25) is 0 Å². The van der Waals surface area contributed by atoms with E-state index in [9.17, 15) is 0 Å². The highest BCUT2D eigenvalue weighted by atomic mass is 16.5. The van der Waals surface area contributed by atoms with Gasteiger partial charge < -0.3 is 4.74 Å². The second-order valence-electron chi connectivity index (χ2n) is 6.57. The lowest BCUT2D eigenvalue weighted by Gasteiger charge is -2.38. The Morgan fingerprint density at radius 1 is 1.20 bits per heavy atom. The van der Waals surface area contributed by atoms with Crippen LogP contribution in [0.3, 0.4) is 0 Å². The molecule has 1 aromatic rings. The van der Waals surface area contributed by atoms with Crippen LogP contribution in [0.1, 0.15) is 45.6 Å². The monoisotopic (exact) mass is 272 g/mol. The summed E-state index contributed by atoms with van der Waals surface area (Å²) in [7, 11) is 0. The Morgan fingerprint density at radius 3 is 2.60 bits per heavy atom. The van der Waals surface area contributed by atoms with Crippen LogP contribution in [0.15, 0.2) is 42.5 Å². The first kappa shape index (κ1) is 15.3. The number of rotatable bonds is 6. The molecule has 0 aromatic heterocycles. The zero-order valence-corrected chi connectivity index (χ0v) is 13.1. The molecule has 0 unspecified atom stereocenters. The molecule has 0 saturated carbocycles. The van der Waals surface area contributed by atoms with Crippen LogP contribution in [0.5, 0.6) is 0 Å². The van der Waals surface area contributed by atoms with Gasteiger partial charge >= 0.3 is 0 Å². The van der Waals surface area contributed by atoms with Crippen molar-refractivity contribution in [2.24, 2.45) is 17.3 Å². The summed E-state index contributed by atoms with van der Waals surface area (Å²) in [6.07, 6.45) is 8.69. The van der Waals surface area contributed by atoms with Gasteiger partial charge in [-0.25, -0.2) is 0 Å². The van der Waals surface area contributed by atoms with Crippen molar-refractivity contribution in [1.82, 2.24) is 0 Å². The van der Waals surface area contributed by atoms with Gasteiger partial charge in [0.1, 0.15) is 0 Å². The third kappa shape index (κ3) is 3.96. The molecule has 2 rings (SSSR count). The van der Waals surface area contributed by atoms with E-state index in [-0.39, 0.29) is 0 Å². The van der Waals surface area contributed by atoms with Crippen LogP contribution in [0, 0.1) is 17.3 Å². The normalized spacial score (nSPS) is 25.4. The Kier molecular flexibility index (Phi) is 5.42. The fourth-order valence-corrected chi connectivity index (χ4v) is 3.15. The Morgan fingerprint density at radius 2 is 1.95 bits per heavy atom. The van der Waals surface area contributed by atoms with Crippen molar-refractivity contribution in [2.45, 2.75) is 46.6 Å². The van der Waals surface area contributed by atoms with Crippen molar-refractivity contribution in [3.63, 3.8) is 0 Å². The zero-order valence-electron chi connectivity index (χ0n) is 13.1. The van der Waals surface area contributed by atoms with E-state index in [2.05, 4.69) is 57.2 Å². The molecule has 0 heterocycles. The van der Waals surface area contributed by atoms with Crippen molar-refractivity contribution in [1.29, 1.82) is 0 Å². The van der Waals surface area contributed by atoms with Crippen LogP contribution in [-0.2, 0) is 11.3 Å². The molecule has 0 radical (unpaired) electrons. The lowest BCUT2D eigenvalue weighted by atomic mass is 9.67. The zero-order chi connectivity index (χ0) is 14.4. The molecule has 0 bridgehead atoms. The van der Waals surface area contributed by atoms with Crippen molar-refractivity contribution < 1.29 is 4.74 Å². The summed E-state index contributed by atoms with van der Waals surface area (Å²) in [6.45, 7) is 8.68. The Balaban J connectivity index is 1.80. The molecular weight excluding hydrogens is 244 g/mol. The molecule has 0 spiro atoms. The first-order valence-electron chi connectivity index (χ1n) is 7.91. The SMILES string of the molecule is C[C@H](COCc1ccccc1)[C@@H](C)[C@]1(C)C=CCCC1. The van der Waals surface area contributed by atoms with E-state index in [0.29, 0.717) is 17.3 Å². The minimum absolute atomic E-state index is 0.355. The Hall–Kier alpha value is -1.08. The van der Waals surface area contributed by atoms with Gasteiger partial charge in [-0.05, 0) is 42.1 Å². The summed E-state index contributed by atoms with van der Waals surface area (Å²) in [5.74, 6) is 1.25. The molecule has 1 nitrogen and oxygen atoms in total. The molecule has 0 amide bonds. The minimum Gasteiger partial charge on any atom is -0.376 e. The van der Waals surface area contributed by atoms with Gasteiger partial charge in [-0.3, -0.25) is 0 Å². The highest BCUT2D eigenvalue weighted by Gasteiger charge is 2.32. The maximum absolute atomic E-state index is 5.91. The van der Waals surface area contributed by atoms with Gasteiger partial charge in [-0.2, -0.15) is 0 Å².